The Hall–Kier alpha value is -3.31. The average Bonchev–Trinajstić information content (AvgIpc) is 3.21. The number of aliphatic carboxylic acids is 1. The van der Waals surface area contributed by atoms with Crippen LogP contribution in [0.4, 0.5) is 18.9 Å². The summed E-state index contributed by atoms with van der Waals surface area (Å²) >= 11 is 0. The number of halogens is 3. The molecule has 1 unspecified atom stereocenters. The van der Waals surface area contributed by atoms with Crippen LogP contribution in [0.5, 0.6) is 0 Å². The minimum absolute atomic E-state index is 0.105. The Morgan fingerprint density at radius 1 is 1.06 bits per heavy atom. The second kappa shape index (κ2) is 9.38. The van der Waals surface area contributed by atoms with Gasteiger partial charge in [0.25, 0.3) is 0 Å². The van der Waals surface area contributed by atoms with Crippen molar-refractivity contribution in [3.05, 3.63) is 72.9 Å². The number of sulfone groups is 1. The summed E-state index contributed by atoms with van der Waals surface area (Å²) in [6.07, 6.45) is -1.42. The number of benzene rings is 2. The van der Waals surface area contributed by atoms with Crippen LogP contribution in [0.1, 0.15) is 5.56 Å². The molecule has 0 spiro atoms. The molecular weight excluding hydrogens is 483 g/mol. The van der Waals surface area contributed by atoms with Crippen molar-refractivity contribution in [2.24, 2.45) is 0 Å². The van der Waals surface area contributed by atoms with Crippen molar-refractivity contribution in [2.45, 2.75) is 23.0 Å². The Kier molecular flexibility index (Phi) is 6.65. The molecule has 1 N–H and O–H groups in total. The van der Waals surface area contributed by atoms with Gasteiger partial charge in [0.05, 0.1) is 10.5 Å². The molecule has 0 bridgehead atoms. The van der Waals surface area contributed by atoms with E-state index in [0.717, 1.165) is 12.1 Å². The zero-order valence-electron chi connectivity index (χ0n) is 18.6. The maximum atomic E-state index is 13.4. The maximum absolute atomic E-state index is 13.4. The Balaban J connectivity index is 1.49. The van der Waals surface area contributed by atoms with Gasteiger partial charge in [-0.2, -0.15) is 13.2 Å². The van der Waals surface area contributed by atoms with Crippen LogP contribution in [0.3, 0.4) is 0 Å². The molecule has 2 aromatic carbocycles. The van der Waals surface area contributed by atoms with E-state index < -0.39 is 32.9 Å². The lowest BCUT2D eigenvalue weighted by molar-refractivity contribution is -0.138. The lowest BCUT2D eigenvalue weighted by Gasteiger charge is -2.39. The summed E-state index contributed by atoms with van der Waals surface area (Å²) in [7, 11) is -3.82. The lowest BCUT2D eigenvalue weighted by atomic mass is 10.1. The van der Waals surface area contributed by atoms with Crippen molar-refractivity contribution < 1.29 is 31.5 Å². The van der Waals surface area contributed by atoms with Gasteiger partial charge in [-0.15, -0.1) is 6.58 Å². The number of carboxylic acid groups (broad SMARTS) is 1. The van der Waals surface area contributed by atoms with E-state index in [-0.39, 0.29) is 11.4 Å². The second-order valence-corrected chi connectivity index (χ2v) is 10.3. The molecule has 4 rings (SSSR count). The van der Waals surface area contributed by atoms with E-state index in [1.807, 2.05) is 4.90 Å². The first-order chi connectivity index (χ1) is 16.5. The largest absolute Gasteiger partial charge is 0.480 e. The van der Waals surface area contributed by atoms with Crippen LogP contribution < -0.4 is 4.90 Å². The summed E-state index contributed by atoms with van der Waals surface area (Å²) in [5.74, 6) is -0.999. The van der Waals surface area contributed by atoms with E-state index in [1.54, 1.807) is 23.2 Å². The maximum Gasteiger partial charge on any atom is 0.416 e. The van der Waals surface area contributed by atoms with E-state index >= 15 is 0 Å². The molecule has 1 aliphatic rings. The van der Waals surface area contributed by atoms with Gasteiger partial charge in [-0.05, 0) is 48.5 Å². The molecule has 0 radical (unpaired) electrons. The first-order valence-electron chi connectivity index (χ1n) is 10.8. The third kappa shape index (κ3) is 5.06. The van der Waals surface area contributed by atoms with E-state index in [9.17, 15) is 26.4 Å². The van der Waals surface area contributed by atoms with Crippen LogP contribution in [0, 0.1) is 0 Å². The predicted molar refractivity (Wildman–Crippen MR) is 126 cm³/mol. The topological polar surface area (TPSA) is 82.9 Å². The van der Waals surface area contributed by atoms with Crippen LogP contribution in [-0.4, -0.2) is 60.5 Å². The van der Waals surface area contributed by atoms with Crippen LogP contribution in [0.2, 0.25) is 0 Å². The predicted octanol–water partition coefficient (Wildman–Crippen LogP) is 3.85. The Bertz CT molecular complexity index is 1340. The number of fused-ring (bicyclic) bond motifs is 1. The zero-order valence-corrected chi connectivity index (χ0v) is 19.5. The molecule has 0 aliphatic carbocycles. The van der Waals surface area contributed by atoms with Crippen molar-refractivity contribution in [2.75, 3.05) is 31.1 Å². The number of nitrogens with zero attached hydrogens (tertiary/aromatic N) is 3. The summed E-state index contributed by atoms with van der Waals surface area (Å²) in [5, 5.41) is 8.67. The third-order valence-corrected chi connectivity index (χ3v) is 8.17. The van der Waals surface area contributed by atoms with Gasteiger partial charge in [0.15, 0.2) is 9.84 Å². The number of hydrogen-bond acceptors (Lipinski definition) is 5. The summed E-state index contributed by atoms with van der Waals surface area (Å²) in [6, 6.07) is 11.2. The molecule has 1 fully saturated rings. The molecule has 7 nitrogen and oxygen atoms in total. The number of rotatable bonds is 7. The molecule has 2 heterocycles. The lowest BCUT2D eigenvalue weighted by Crippen LogP contribution is -2.52. The number of alkyl halides is 3. The highest BCUT2D eigenvalue weighted by Crippen LogP contribution is 2.31. The fourth-order valence-electron chi connectivity index (χ4n) is 4.35. The van der Waals surface area contributed by atoms with Crippen molar-refractivity contribution in [1.29, 1.82) is 0 Å². The molecule has 1 saturated heterocycles. The molecule has 0 amide bonds. The molecular formula is C24H24F3N3O4S. The Morgan fingerprint density at radius 2 is 1.71 bits per heavy atom. The number of aromatic nitrogens is 1. The fourth-order valence-corrected chi connectivity index (χ4v) is 6.03. The van der Waals surface area contributed by atoms with Crippen LogP contribution in [-0.2, 0) is 27.4 Å². The third-order valence-electron chi connectivity index (χ3n) is 6.13. The number of anilines is 1. The van der Waals surface area contributed by atoms with Crippen LogP contribution in [0.25, 0.3) is 10.9 Å². The molecule has 3 aromatic rings. The Labute approximate surface area is 200 Å². The van der Waals surface area contributed by atoms with Crippen LogP contribution in [0.15, 0.2) is 72.3 Å². The molecule has 1 aliphatic heterocycles. The summed E-state index contributed by atoms with van der Waals surface area (Å²) < 4.78 is 66.9. The smallest absolute Gasteiger partial charge is 0.416 e. The quantitative estimate of drug-likeness (QED) is 0.490. The molecule has 0 saturated carbocycles. The van der Waals surface area contributed by atoms with E-state index in [0.29, 0.717) is 42.8 Å². The molecule has 11 heteroatoms. The van der Waals surface area contributed by atoms with E-state index in [2.05, 4.69) is 6.58 Å². The Morgan fingerprint density at radius 3 is 2.29 bits per heavy atom. The minimum atomic E-state index is -4.40. The van der Waals surface area contributed by atoms with Gasteiger partial charge >= 0.3 is 12.1 Å². The van der Waals surface area contributed by atoms with Crippen molar-refractivity contribution in [3.8, 4) is 0 Å². The standard InChI is InChI=1S/C24H24F3N3O4S/c1-2-22(29-13-11-28(12-14-29)19-5-3-18(4-6-19)24(25,26)27)35(33,34)20-7-8-21-17(15-20)9-10-30(21)16-23(31)32/h2-10,15,22H,1,11-14,16H2,(H,31,32). The van der Waals surface area contributed by atoms with Gasteiger partial charge < -0.3 is 14.6 Å². The summed E-state index contributed by atoms with van der Waals surface area (Å²) in [6.45, 7) is 5.16. The average molecular weight is 508 g/mol. The summed E-state index contributed by atoms with van der Waals surface area (Å²) in [4.78, 5) is 14.8. The van der Waals surface area contributed by atoms with Gasteiger partial charge in [0, 0.05) is 49.0 Å². The highest BCUT2D eigenvalue weighted by atomic mass is 32.2. The number of carbonyl (C=O) groups is 1. The van der Waals surface area contributed by atoms with Gasteiger partial charge in [-0.3, -0.25) is 9.69 Å². The van der Waals surface area contributed by atoms with Crippen molar-refractivity contribution >= 4 is 32.4 Å². The molecule has 1 aromatic heterocycles. The molecule has 1 atom stereocenters. The van der Waals surface area contributed by atoms with Gasteiger partial charge in [0.1, 0.15) is 11.9 Å². The minimum Gasteiger partial charge on any atom is -0.480 e. The highest BCUT2D eigenvalue weighted by Gasteiger charge is 2.34. The van der Waals surface area contributed by atoms with E-state index in [1.165, 1.54) is 34.9 Å². The molecule has 186 valence electrons. The normalized spacial score (nSPS) is 16.4. The number of carboxylic acids is 1. The second-order valence-electron chi connectivity index (χ2n) is 8.30. The van der Waals surface area contributed by atoms with Crippen LogP contribution >= 0.6 is 0 Å². The van der Waals surface area contributed by atoms with Gasteiger partial charge in [0.2, 0.25) is 0 Å². The first kappa shape index (κ1) is 24.8. The zero-order chi connectivity index (χ0) is 25.4. The molecule has 35 heavy (non-hydrogen) atoms. The van der Waals surface area contributed by atoms with Crippen molar-refractivity contribution in [1.82, 2.24) is 9.47 Å². The number of hydrogen-bond donors (Lipinski definition) is 1. The fraction of sp³-hybridized carbons (Fsp3) is 0.292. The highest BCUT2D eigenvalue weighted by molar-refractivity contribution is 7.92. The SMILES string of the molecule is C=CC(N1CCN(c2ccc(C(F)(F)F)cc2)CC1)S(=O)(=O)c1ccc2c(ccn2CC(=O)O)c1. The van der Waals surface area contributed by atoms with Crippen molar-refractivity contribution in [3.63, 3.8) is 0 Å². The monoisotopic (exact) mass is 507 g/mol. The van der Waals surface area contributed by atoms with E-state index in [4.69, 9.17) is 5.11 Å². The van der Waals surface area contributed by atoms with Gasteiger partial charge in [-0.1, -0.05) is 6.08 Å². The van der Waals surface area contributed by atoms with Gasteiger partial charge in [-0.25, -0.2) is 8.42 Å². The first-order valence-corrected chi connectivity index (χ1v) is 12.4. The number of piperazine rings is 1. The summed E-state index contributed by atoms with van der Waals surface area (Å²) in [5.41, 5.74) is 0.548.